The van der Waals surface area contributed by atoms with Crippen molar-refractivity contribution in [3.63, 3.8) is 0 Å². The second-order valence-electron chi connectivity index (χ2n) is 6.40. The summed E-state index contributed by atoms with van der Waals surface area (Å²) in [6.45, 7) is 13.0. The van der Waals surface area contributed by atoms with Gasteiger partial charge < -0.3 is 2.85 Å². The van der Waals surface area contributed by atoms with E-state index < -0.39 is 0 Å². The van der Waals surface area contributed by atoms with E-state index in [1.54, 1.807) is 0 Å². The zero-order valence-electron chi connectivity index (χ0n) is 16.3. The number of benzene rings is 1. The molecule has 0 N–H and O–H groups in total. The van der Waals surface area contributed by atoms with Crippen LogP contribution < -0.4 is 0 Å². The normalized spacial score (nSPS) is 16.0. The molecule has 2 heteroatoms. The van der Waals surface area contributed by atoms with Crippen LogP contribution in [0.4, 0.5) is 0 Å². The fraction of sp³-hybridized carbons (Fsp3) is 0.350. The van der Waals surface area contributed by atoms with Crippen molar-refractivity contribution in [2.75, 3.05) is 0 Å². The van der Waals surface area contributed by atoms with Gasteiger partial charge in [-0.25, -0.2) is 5.57 Å². The van der Waals surface area contributed by atoms with Crippen molar-refractivity contribution in [1.29, 1.82) is 0 Å². The molecule has 0 spiro atoms. The van der Waals surface area contributed by atoms with E-state index in [9.17, 15) is 0 Å². The Kier molecular flexibility index (Phi) is 6.72. The predicted molar refractivity (Wildman–Crippen MR) is 98.8 cm³/mol. The Balaban J connectivity index is 0. The molecule has 2 aromatic rings. The van der Waals surface area contributed by atoms with Crippen LogP contribution in [0.5, 0.6) is 0 Å². The maximum absolute atomic E-state index is 3.51. The summed E-state index contributed by atoms with van der Waals surface area (Å²) in [5.74, 6) is 0. The van der Waals surface area contributed by atoms with Gasteiger partial charge in [0.1, 0.15) is 0 Å². The van der Waals surface area contributed by atoms with E-state index in [0.29, 0.717) is 0 Å². The SMILES string of the molecule is CC1=[C-]C(C)(C)C(C)=C1C.Cc1cc2c(Br)cccc2[cH-]1.[H-].[H-].[Zr+4]. The Hall–Kier alpha value is -0.327. The molecule has 1 aliphatic rings. The number of aryl methyl sites for hydroxylation is 1. The Morgan fingerprint density at radius 1 is 1.14 bits per heavy atom. The van der Waals surface area contributed by atoms with Gasteiger partial charge in [-0.05, 0) is 4.47 Å². The molecule has 0 fully saturated rings. The first-order valence-electron chi connectivity index (χ1n) is 7.34. The molecule has 3 rings (SSSR count). The Bertz CT molecular complexity index is 739. The van der Waals surface area contributed by atoms with Crippen LogP contribution in [0, 0.1) is 18.4 Å². The molecule has 0 atom stereocenters. The topological polar surface area (TPSA) is 0 Å². The summed E-state index contributed by atoms with van der Waals surface area (Å²) in [6, 6.07) is 10.7. The molecule has 0 bridgehead atoms. The van der Waals surface area contributed by atoms with E-state index in [1.807, 2.05) is 0 Å². The molecule has 0 saturated carbocycles. The van der Waals surface area contributed by atoms with Crippen molar-refractivity contribution < 1.29 is 29.1 Å². The molecule has 0 heterocycles. The molecule has 0 saturated heterocycles. The van der Waals surface area contributed by atoms with Crippen molar-refractivity contribution >= 4 is 26.7 Å². The van der Waals surface area contributed by atoms with Crippen molar-refractivity contribution in [2.45, 2.75) is 41.5 Å². The molecule has 0 amide bonds. The number of halogens is 1. The van der Waals surface area contributed by atoms with Crippen LogP contribution in [0.25, 0.3) is 10.8 Å². The first-order chi connectivity index (χ1) is 9.72. The average molecular weight is 437 g/mol. The Morgan fingerprint density at radius 2 is 1.77 bits per heavy atom. The molecule has 116 valence electrons. The van der Waals surface area contributed by atoms with Crippen LogP contribution in [-0.2, 0) is 26.2 Å². The molecule has 22 heavy (non-hydrogen) atoms. The van der Waals surface area contributed by atoms with Crippen LogP contribution in [0.15, 0.2) is 51.5 Å². The zero-order valence-corrected chi connectivity index (χ0v) is 18.3. The van der Waals surface area contributed by atoms with Crippen molar-refractivity contribution in [3.8, 4) is 0 Å². The Morgan fingerprint density at radius 3 is 2.18 bits per heavy atom. The molecule has 0 unspecified atom stereocenters. The van der Waals surface area contributed by atoms with Gasteiger partial charge in [-0.1, -0.05) is 62.0 Å². The van der Waals surface area contributed by atoms with Gasteiger partial charge in [-0.3, -0.25) is 6.08 Å². The Labute approximate surface area is 165 Å². The summed E-state index contributed by atoms with van der Waals surface area (Å²) < 4.78 is 1.18. The summed E-state index contributed by atoms with van der Waals surface area (Å²) in [4.78, 5) is 0. The number of rotatable bonds is 0. The standard InChI is InChI=1S/C10H8Br.C10H15.Zr.2H/c1-7-5-8-3-2-4-10(11)9(8)6-7;1-7-6-10(4,5)9(3)8(7)2;;;/h2-6H,1H3;1-5H3;;;/q2*-1;+4;2*-1. The molecule has 0 aromatic heterocycles. The zero-order chi connectivity index (χ0) is 15.8. The van der Waals surface area contributed by atoms with E-state index in [1.165, 1.54) is 37.5 Å². The van der Waals surface area contributed by atoms with E-state index in [4.69, 9.17) is 0 Å². The van der Waals surface area contributed by atoms with Crippen molar-refractivity contribution in [1.82, 2.24) is 0 Å². The molecule has 2 aromatic carbocycles. The first-order valence-corrected chi connectivity index (χ1v) is 8.13. The van der Waals surface area contributed by atoms with E-state index >= 15 is 0 Å². The van der Waals surface area contributed by atoms with E-state index in [0.717, 1.165) is 0 Å². The third-order valence-electron chi connectivity index (χ3n) is 4.40. The molecule has 0 radical (unpaired) electrons. The third-order valence-corrected chi connectivity index (χ3v) is 5.10. The molecular weight excluding hydrogens is 411 g/mol. The predicted octanol–water partition coefficient (Wildman–Crippen LogP) is 6.96. The maximum Gasteiger partial charge on any atom is 4.00 e. The van der Waals surface area contributed by atoms with Gasteiger partial charge in [0.2, 0.25) is 0 Å². The first kappa shape index (κ1) is 19.7. The molecular formula is C20H25BrZr. The smallest absolute Gasteiger partial charge is 1.00 e. The van der Waals surface area contributed by atoms with E-state index in [2.05, 4.69) is 93.9 Å². The van der Waals surface area contributed by atoms with Crippen molar-refractivity contribution in [3.05, 3.63) is 63.2 Å². The summed E-state index contributed by atoms with van der Waals surface area (Å²) >= 11 is 3.51. The summed E-state index contributed by atoms with van der Waals surface area (Å²) in [5, 5.41) is 2.63. The van der Waals surface area contributed by atoms with Crippen LogP contribution >= 0.6 is 15.9 Å². The second kappa shape index (κ2) is 7.49. The van der Waals surface area contributed by atoms with Gasteiger partial charge in [-0.2, -0.15) is 17.2 Å². The van der Waals surface area contributed by atoms with Gasteiger partial charge in [0.05, 0.1) is 0 Å². The minimum atomic E-state index is 0. The monoisotopic (exact) mass is 434 g/mol. The van der Waals surface area contributed by atoms with Gasteiger partial charge in [0, 0.05) is 0 Å². The maximum atomic E-state index is 3.51. The summed E-state index contributed by atoms with van der Waals surface area (Å²) in [5.41, 5.74) is 5.72. The van der Waals surface area contributed by atoms with Crippen LogP contribution in [-0.4, -0.2) is 0 Å². The van der Waals surface area contributed by atoms with Crippen LogP contribution in [0.2, 0.25) is 0 Å². The van der Waals surface area contributed by atoms with Crippen LogP contribution in [0.3, 0.4) is 0 Å². The number of fused-ring (bicyclic) bond motifs is 1. The second-order valence-corrected chi connectivity index (χ2v) is 7.25. The van der Waals surface area contributed by atoms with E-state index in [-0.39, 0.29) is 34.5 Å². The fourth-order valence-electron chi connectivity index (χ4n) is 2.75. The largest absolute Gasteiger partial charge is 4.00 e. The minimum absolute atomic E-state index is 0. The summed E-state index contributed by atoms with van der Waals surface area (Å²) in [7, 11) is 0. The fourth-order valence-corrected chi connectivity index (χ4v) is 3.25. The molecule has 0 aliphatic heterocycles. The number of allylic oxidation sites excluding steroid dienone is 4. The number of hydrogen-bond donors (Lipinski definition) is 0. The summed E-state index contributed by atoms with van der Waals surface area (Å²) in [6.07, 6.45) is 3.44. The van der Waals surface area contributed by atoms with Crippen LogP contribution in [0.1, 0.15) is 43.0 Å². The average Bonchev–Trinajstić information content (AvgIpc) is 2.86. The quantitative estimate of drug-likeness (QED) is 0.392. The van der Waals surface area contributed by atoms with Gasteiger partial charge in [0.25, 0.3) is 0 Å². The number of hydrogen-bond acceptors (Lipinski definition) is 0. The molecule has 0 nitrogen and oxygen atoms in total. The van der Waals surface area contributed by atoms with Gasteiger partial charge in [-0.15, -0.1) is 41.5 Å². The van der Waals surface area contributed by atoms with Crippen molar-refractivity contribution in [2.24, 2.45) is 5.41 Å². The third kappa shape index (κ3) is 4.15. The van der Waals surface area contributed by atoms with Gasteiger partial charge >= 0.3 is 26.2 Å². The minimum Gasteiger partial charge on any atom is -1.00 e. The molecule has 1 aliphatic carbocycles. The van der Waals surface area contributed by atoms with Gasteiger partial charge in [0.15, 0.2) is 0 Å².